The minimum atomic E-state index is -0.0115. The lowest BCUT2D eigenvalue weighted by Gasteiger charge is -2.45. The molecule has 0 bridgehead atoms. The SMILES string of the molecule is CN(C)C(=O)c1ccc(-c2ccc3c(c2)[C@@H]2[C@@H](CCN2C(=O)C2CCC2)[C@H](CO)N3C)cc1. The number of aliphatic hydroxyl groups excluding tert-OH is 1. The molecule has 3 atom stereocenters. The molecule has 2 aliphatic heterocycles. The number of amides is 2. The van der Waals surface area contributed by atoms with Gasteiger partial charge in [0.25, 0.3) is 5.91 Å². The van der Waals surface area contributed by atoms with E-state index >= 15 is 0 Å². The second-order valence-electron chi connectivity index (χ2n) is 9.97. The lowest BCUT2D eigenvalue weighted by atomic mass is 9.80. The van der Waals surface area contributed by atoms with Crippen molar-refractivity contribution >= 4 is 17.5 Å². The van der Waals surface area contributed by atoms with Crippen molar-refractivity contribution in [3.8, 4) is 11.1 Å². The molecule has 2 aromatic carbocycles. The number of carbonyl (C=O) groups excluding carboxylic acids is 2. The minimum absolute atomic E-state index is 0.0102. The van der Waals surface area contributed by atoms with Gasteiger partial charge in [0, 0.05) is 50.8 Å². The normalized spacial score (nSPS) is 24.2. The number of hydrogen-bond acceptors (Lipinski definition) is 4. The molecule has 1 saturated heterocycles. The number of benzene rings is 2. The molecule has 5 rings (SSSR count). The highest BCUT2D eigenvalue weighted by atomic mass is 16.3. The van der Waals surface area contributed by atoms with Gasteiger partial charge in [-0.05, 0) is 60.2 Å². The van der Waals surface area contributed by atoms with Gasteiger partial charge in [0.05, 0.1) is 18.7 Å². The van der Waals surface area contributed by atoms with E-state index in [0.717, 1.165) is 49.0 Å². The molecular weight excluding hydrogens is 414 g/mol. The lowest BCUT2D eigenvalue weighted by molar-refractivity contribution is -0.139. The first-order chi connectivity index (χ1) is 15.9. The second kappa shape index (κ2) is 8.49. The van der Waals surface area contributed by atoms with Crippen LogP contribution in [0.15, 0.2) is 42.5 Å². The second-order valence-corrected chi connectivity index (χ2v) is 9.97. The number of likely N-dealkylation sites (N-methyl/N-ethyl adjacent to an activating group) is 1. The Kier molecular flexibility index (Phi) is 5.65. The fourth-order valence-corrected chi connectivity index (χ4v) is 5.83. The molecule has 33 heavy (non-hydrogen) atoms. The fourth-order valence-electron chi connectivity index (χ4n) is 5.83. The Hall–Kier alpha value is -2.86. The van der Waals surface area contributed by atoms with E-state index in [9.17, 15) is 14.7 Å². The first kappa shape index (κ1) is 22.0. The molecular formula is C27H33N3O3. The van der Waals surface area contributed by atoms with E-state index in [4.69, 9.17) is 0 Å². The molecule has 2 aromatic rings. The number of nitrogens with zero attached hydrogens (tertiary/aromatic N) is 3. The maximum atomic E-state index is 13.3. The van der Waals surface area contributed by atoms with Gasteiger partial charge in [-0.25, -0.2) is 0 Å². The topological polar surface area (TPSA) is 64.1 Å². The zero-order valence-electron chi connectivity index (χ0n) is 19.7. The Morgan fingerprint density at radius 3 is 2.33 bits per heavy atom. The van der Waals surface area contributed by atoms with Crippen molar-refractivity contribution in [1.29, 1.82) is 0 Å². The zero-order chi connectivity index (χ0) is 23.3. The largest absolute Gasteiger partial charge is 0.394 e. The molecule has 1 saturated carbocycles. The van der Waals surface area contributed by atoms with Crippen molar-refractivity contribution in [2.45, 2.75) is 37.8 Å². The number of hydrogen-bond donors (Lipinski definition) is 1. The number of aliphatic hydroxyl groups is 1. The van der Waals surface area contributed by atoms with E-state index in [1.807, 2.05) is 31.3 Å². The van der Waals surface area contributed by atoms with Crippen molar-refractivity contribution in [3.63, 3.8) is 0 Å². The first-order valence-corrected chi connectivity index (χ1v) is 12.0. The van der Waals surface area contributed by atoms with Crippen LogP contribution in [0, 0.1) is 11.8 Å². The van der Waals surface area contributed by atoms with E-state index in [-0.39, 0.29) is 42.3 Å². The van der Waals surface area contributed by atoms with Gasteiger partial charge in [-0.15, -0.1) is 0 Å². The van der Waals surface area contributed by atoms with Crippen LogP contribution < -0.4 is 4.90 Å². The summed E-state index contributed by atoms with van der Waals surface area (Å²) in [4.78, 5) is 31.4. The molecule has 0 radical (unpaired) electrons. The Morgan fingerprint density at radius 2 is 1.73 bits per heavy atom. The Bertz CT molecular complexity index is 1060. The summed E-state index contributed by atoms with van der Waals surface area (Å²) in [6.45, 7) is 0.853. The standard InChI is InChI=1S/C27H33N3O3/c1-28(2)26(32)19-9-7-17(8-10-19)20-11-12-23-22(15-20)25-21(24(16-31)29(23)3)13-14-30(25)27(33)18-5-4-6-18/h7-12,15,18,21,24-25,31H,4-6,13-14,16H2,1-3H3/t21-,24-,25-/m0/s1. The third-order valence-electron chi connectivity index (χ3n) is 7.96. The van der Waals surface area contributed by atoms with E-state index < -0.39 is 0 Å². The fraction of sp³-hybridized carbons (Fsp3) is 0.481. The summed E-state index contributed by atoms with van der Waals surface area (Å²) in [6, 6.07) is 14.2. The predicted octanol–water partition coefficient (Wildman–Crippen LogP) is 3.56. The van der Waals surface area contributed by atoms with Gasteiger partial charge in [0.2, 0.25) is 5.91 Å². The Morgan fingerprint density at radius 1 is 1.03 bits per heavy atom. The highest BCUT2D eigenvalue weighted by molar-refractivity contribution is 5.94. The van der Waals surface area contributed by atoms with Crippen LogP contribution in [0.1, 0.15) is 47.6 Å². The van der Waals surface area contributed by atoms with Crippen LogP contribution in [0.3, 0.4) is 0 Å². The van der Waals surface area contributed by atoms with Crippen molar-refractivity contribution in [1.82, 2.24) is 9.80 Å². The van der Waals surface area contributed by atoms with Gasteiger partial charge in [0.1, 0.15) is 0 Å². The molecule has 0 spiro atoms. The van der Waals surface area contributed by atoms with Crippen LogP contribution in [0.25, 0.3) is 11.1 Å². The zero-order valence-corrected chi connectivity index (χ0v) is 19.7. The quantitative estimate of drug-likeness (QED) is 0.779. The van der Waals surface area contributed by atoms with Crippen LogP contribution in [0.5, 0.6) is 0 Å². The number of fused-ring (bicyclic) bond motifs is 3. The molecule has 6 heteroatoms. The van der Waals surface area contributed by atoms with Crippen molar-refractivity contribution in [3.05, 3.63) is 53.6 Å². The van der Waals surface area contributed by atoms with E-state index in [1.54, 1.807) is 19.0 Å². The van der Waals surface area contributed by atoms with Crippen LogP contribution in [-0.4, -0.2) is 67.1 Å². The molecule has 2 heterocycles. The highest BCUT2D eigenvalue weighted by Gasteiger charge is 2.49. The lowest BCUT2D eigenvalue weighted by Crippen LogP contribution is -2.49. The third-order valence-corrected chi connectivity index (χ3v) is 7.96. The van der Waals surface area contributed by atoms with Gasteiger partial charge in [0.15, 0.2) is 0 Å². The Labute approximate surface area is 195 Å². The molecule has 0 aromatic heterocycles. The van der Waals surface area contributed by atoms with Crippen LogP contribution in [0.2, 0.25) is 0 Å². The minimum Gasteiger partial charge on any atom is -0.394 e. The summed E-state index contributed by atoms with van der Waals surface area (Å²) < 4.78 is 0. The van der Waals surface area contributed by atoms with Crippen molar-refractivity contribution < 1.29 is 14.7 Å². The molecule has 0 unspecified atom stereocenters. The number of rotatable bonds is 4. The first-order valence-electron chi connectivity index (χ1n) is 12.0. The average molecular weight is 448 g/mol. The van der Waals surface area contributed by atoms with Gasteiger partial charge in [-0.3, -0.25) is 9.59 Å². The summed E-state index contributed by atoms with van der Waals surface area (Å²) in [5.41, 5.74) is 5.05. The summed E-state index contributed by atoms with van der Waals surface area (Å²) >= 11 is 0. The highest BCUT2D eigenvalue weighted by Crippen LogP contribution is 2.50. The maximum absolute atomic E-state index is 13.3. The van der Waals surface area contributed by atoms with Gasteiger partial charge in [-0.2, -0.15) is 0 Å². The van der Waals surface area contributed by atoms with Gasteiger partial charge in [-0.1, -0.05) is 24.6 Å². The smallest absolute Gasteiger partial charge is 0.253 e. The van der Waals surface area contributed by atoms with Crippen molar-refractivity contribution in [2.75, 3.05) is 39.2 Å². The van der Waals surface area contributed by atoms with Crippen LogP contribution in [0.4, 0.5) is 5.69 Å². The van der Waals surface area contributed by atoms with Gasteiger partial charge >= 0.3 is 0 Å². The monoisotopic (exact) mass is 447 g/mol. The molecule has 3 aliphatic rings. The molecule has 2 amide bonds. The average Bonchev–Trinajstić information content (AvgIpc) is 3.22. The van der Waals surface area contributed by atoms with E-state index in [1.165, 1.54) is 5.56 Å². The van der Waals surface area contributed by atoms with Gasteiger partial charge < -0.3 is 19.8 Å². The summed E-state index contributed by atoms with van der Waals surface area (Å²) in [5, 5.41) is 10.2. The summed E-state index contributed by atoms with van der Waals surface area (Å²) in [5.74, 6) is 0.678. The molecule has 6 nitrogen and oxygen atoms in total. The summed E-state index contributed by atoms with van der Waals surface area (Å²) in [7, 11) is 5.56. The van der Waals surface area contributed by atoms with Crippen molar-refractivity contribution in [2.24, 2.45) is 11.8 Å². The van der Waals surface area contributed by atoms with Crippen LogP contribution >= 0.6 is 0 Å². The molecule has 2 fully saturated rings. The molecule has 1 N–H and O–H groups in total. The van der Waals surface area contributed by atoms with E-state index in [2.05, 4.69) is 28.0 Å². The molecule has 174 valence electrons. The number of carbonyl (C=O) groups is 2. The Balaban J connectivity index is 1.52. The molecule has 1 aliphatic carbocycles. The maximum Gasteiger partial charge on any atom is 0.253 e. The summed E-state index contributed by atoms with van der Waals surface area (Å²) in [6.07, 6.45) is 4.07. The predicted molar refractivity (Wildman–Crippen MR) is 129 cm³/mol. The van der Waals surface area contributed by atoms with Crippen LogP contribution in [-0.2, 0) is 4.79 Å². The number of likely N-dealkylation sites (tertiary alicyclic amines) is 1. The van der Waals surface area contributed by atoms with E-state index in [0.29, 0.717) is 5.56 Å². The number of anilines is 1. The third kappa shape index (κ3) is 3.61.